The van der Waals surface area contributed by atoms with Gasteiger partial charge in [0.1, 0.15) is 11.9 Å². The Bertz CT molecular complexity index is 397. The van der Waals surface area contributed by atoms with E-state index in [9.17, 15) is 5.11 Å². The van der Waals surface area contributed by atoms with Crippen molar-refractivity contribution in [3.05, 3.63) is 28.8 Å². The first-order chi connectivity index (χ1) is 8.72. The summed E-state index contributed by atoms with van der Waals surface area (Å²) in [5.74, 6) is 0.786. The largest absolute Gasteiger partial charge is 0.487 e. The highest BCUT2D eigenvalue weighted by atomic mass is 35.5. The van der Waals surface area contributed by atoms with Gasteiger partial charge in [0.2, 0.25) is 0 Å². The first-order valence-corrected chi connectivity index (χ1v) is 6.93. The molecule has 100 valence electrons. The van der Waals surface area contributed by atoms with Crippen molar-refractivity contribution in [2.45, 2.75) is 44.9 Å². The third-order valence-electron chi connectivity index (χ3n) is 3.32. The van der Waals surface area contributed by atoms with E-state index in [1.165, 1.54) is 0 Å². The van der Waals surface area contributed by atoms with Gasteiger partial charge < -0.3 is 15.2 Å². The maximum atomic E-state index is 9.81. The predicted molar refractivity (Wildman–Crippen MR) is 73.1 cm³/mol. The number of rotatable bonds is 5. The molecule has 0 aliphatic heterocycles. The fraction of sp³-hybridized carbons (Fsp3) is 0.571. The van der Waals surface area contributed by atoms with E-state index >= 15 is 0 Å². The molecule has 1 aliphatic carbocycles. The van der Waals surface area contributed by atoms with E-state index < -0.39 is 0 Å². The fourth-order valence-corrected chi connectivity index (χ4v) is 2.51. The van der Waals surface area contributed by atoms with Crippen LogP contribution in [-0.2, 0) is 6.54 Å². The molecule has 1 aromatic rings. The summed E-state index contributed by atoms with van der Waals surface area (Å²) in [5, 5.41) is 13.8. The minimum Gasteiger partial charge on any atom is -0.487 e. The maximum absolute atomic E-state index is 9.81. The Labute approximate surface area is 113 Å². The summed E-state index contributed by atoms with van der Waals surface area (Å²) in [7, 11) is 0. The second-order valence-electron chi connectivity index (χ2n) is 4.65. The molecule has 2 unspecified atom stereocenters. The van der Waals surface area contributed by atoms with Crippen molar-refractivity contribution in [2.75, 3.05) is 6.54 Å². The number of halogens is 1. The van der Waals surface area contributed by atoms with Gasteiger partial charge in [-0.15, -0.1) is 0 Å². The molecular weight excluding hydrogens is 250 g/mol. The summed E-state index contributed by atoms with van der Waals surface area (Å²) in [6, 6.07) is 5.67. The maximum Gasteiger partial charge on any atom is 0.125 e. The molecule has 3 nitrogen and oxygen atoms in total. The Kier molecular flexibility index (Phi) is 4.87. The number of nitrogens with one attached hydrogen (secondary N) is 1. The highest BCUT2D eigenvalue weighted by Gasteiger charge is 2.27. The quantitative estimate of drug-likeness (QED) is 0.864. The average Bonchev–Trinajstić information content (AvgIpc) is 2.74. The van der Waals surface area contributed by atoms with Gasteiger partial charge in [-0.3, -0.25) is 0 Å². The minimum atomic E-state index is -0.351. The summed E-state index contributed by atoms with van der Waals surface area (Å²) < 4.78 is 5.92. The Morgan fingerprint density at radius 2 is 2.28 bits per heavy atom. The fourth-order valence-electron chi connectivity index (χ4n) is 2.28. The third kappa shape index (κ3) is 3.16. The van der Waals surface area contributed by atoms with Crippen LogP contribution in [0.3, 0.4) is 0 Å². The molecule has 0 spiro atoms. The Morgan fingerprint density at radius 3 is 2.94 bits per heavy atom. The molecule has 2 atom stereocenters. The molecule has 1 aromatic carbocycles. The number of benzene rings is 1. The van der Waals surface area contributed by atoms with Crippen molar-refractivity contribution < 1.29 is 9.84 Å². The predicted octanol–water partition coefficient (Wildman–Crippen LogP) is 2.74. The van der Waals surface area contributed by atoms with Gasteiger partial charge in [0, 0.05) is 17.1 Å². The van der Waals surface area contributed by atoms with E-state index in [4.69, 9.17) is 16.3 Å². The molecule has 1 saturated carbocycles. The molecule has 0 radical (unpaired) electrons. The number of hydrogen-bond donors (Lipinski definition) is 2. The van der Waals surface area contributed by atoms with E-state index in [0.717, 1.165) is 37.1 Å². The van der Waals surface area contributed by atoms with Crippen LogP contribution in [-0.4, -0.2) is 23.9 Å². The molecule has 0 saturated heterocycles. The monoisotopic (exact) mass is 269 g/mol. The second kappa shape index (κ2) is 6.41. The number of aliphatic hydroxyl groups excluding tert-OH is 1. The van der Waals surface area contributed by atoms with Gasteiger partial charge in [0.05, 0.1) is 6.10 Å². The van der Waals surface area contributed by atoms with E-state index in [1.807, 2.05) is 18.2 Å². The van der Waals surface area contributed by atoms with Crippen LogP contribution < -0.4 is 10.1 Å². The lowest BCUT2D eigenvalue weighted by Gasteiger charge is -2.20. The topological polar surface area (TPSA) is 41.5 Å². The molecule has 0 amide bonds. The van der Waals surface area contributed by atoms with Crippen molar-refractivity contribution in [3.63, 3.8) is 0 Å². The standard InChI is InChI=1S/C14H20ClNO2/c1-2-16-9-10-11(15)5-3-7-13(10)18-14-8-4-6-12(14)17/h3,5,7,12,14,16-17H,2,4,6,8-9H2,1H3. The Balaban J connectivity index is 2.13. The van der Waals surface area contributed by atoms with Crippen LogP contribution in [0.2, 0.25) is 5.02 Å². The van der Waals surface area contributed by atoms with Gasteiger partial charge >= 0.3 is 0 Å². The number of aliphatic hydroxyl groups is 1. The molecule has 0 heterocycles. The first kappa shape index (κ1) is 13.7. The molecule has 1 aliphatic rings. The van der Waals surface area contributed by atoms with Crippen LogP contribution in [0.15, 0.2) is 18.2 Å². The molecular formula is C14H20ClNO2. The van der Waals surface area contributed by atoms with E-state index in [2.05, 4.69) is 12.2 Å². The molecule has 1 fully saturated rings. The zero-order valence-corrected chi connectivity index (χ0v) is 11.4. The smallest absolute Gasteiger partial charge is 0.125 e. The van der Waals surface area contributed by atoms with Gasteiger partial charge in [-0.05, 0) is 37.9 Å². The lowest BCUT2D eigenvalue weighted by molar-refractivity contribution is 0.0597. The van der Waals surface area contributed by atoms with Crippen LogP contribution in [0.5, 0.6) is 5.75 Å². The summed E-state index contributed by atoms with van der Waals surface area (Å²) >= 11 is 6.20. The van der Waals surface area contributed by atoms with Crippen LogP contribution in [0.4, 0.5) is 0 Å². The zero-order chi connectivity index (χ0) is 13.0. The van der Waals surface area contributed by atoms with Gasteiger partial charge in [-0.1, -0.05) is 24.6 Å². The molecule has 2 N–H and O–H groups in total. The van der Waals surface area contributed by atoms with E-state index in [1.54, 1.807) is 0 Å². The van der Waals surface area contributed by atoms with Crippen molar-refractivity contribution in [1.82, 2.24) is 5.32 Å². The highest BCUT2D eigenvalue weighted by Crippen LogP contribution is 2.30. The number of ether oxygens (including phenoxy) is 1. The molecule has 18 heavy (non-hydrogen) atoms. The van der Waals surface area contributed by atoms with Crippen LogP contribution in [0.1, 0.15) is 31.7 Å². The minimum absolute atomic E-state index is 0.0937. The molecule has 4 heteroatoms. The number of hydrogen-bond acceptors (Lipinski definition) is 3. The van der Waals surface area contributed by atoms with Gasteiger partial charge in [-0.25, -0.2) is 0 Å². The lowest BCUT2D eigenvalue weighted by atomic mass is 10.2. The molecule has 0 bridgehead atoms. The van der Waals surface area contributed by atoms with Gasteiger partial charge in [-0.2, -0.15) is 0 Å². The second-order valence-corrected chi connectivity index (χ2v) is 5.06. The van der Waals surface area contributed by atoms with Gasteiger partial charge in [0.25, 0.3) is 0 Å². The lowest BCUT2D eigenvalue weighted by Crippen LogP contribution is -2.26. The van der Waals surface area contributed by atoms with Crippen LogP contribution >= 0.6 is 11.6 Å². The third-order valence-corrected chi connectivity index (χ3v) is 3.68. The normalized spacial score (nSPS) is 23.3. The Morgan fingerprint density at radius 1 is 1.44 bits per heavy atom. The van der Waals surface area contributed by atoms with Gasteiger partial charge in [0.15, 0.2) is 0 Å². The van der Waals surface area contributed by atoms with Crippen LogP contribution in [0.25, 0.3) is 0 Å². The Hall–Kier alpha value is -0.770. The molecule has 0 aromatic heterocycles. The highest BCUT2D eigenvalue weighted by molar-refractivity contribution is 6.31. The van der Waals surface area contributed by atoms with Crippen molar-refractivity contribution >= 4 is 11.6 Å². The van der Waals surface area contributed by atoms with Crippen LogP contribution in [0, 0.1) is 0 Å². The zero-order valence-electron chi connectivity index (χ0n) is 10.7. The SMILES string of the molecule is CCNCc1c(Cl)cccc1OC1CCCC1O. The van der Waals surface area contributed by atoms with Crippen molar-refractivity contribution in [1.29, 1.82) is 0 Å². The van der Waals surface area contributed by atoms with E-state index in [-0.39, 0.29) is 12.2 Å². The molecule has 2 rings (SSSR count). The summed E-state index contributed by atoms with van der Waals surface area (Å²) in [4.78, 5) is 0. The average molecular weight is 270 g/mol. The summed E-state index contributed by atoms with van der Waals surface area (Å²) in [6.07, 6.45) is 2.32. The summed E-state index contributed by atoms with van der Waals surface area (Å²) in [5.41, 5.74) is 0.972. The van der Waals surface area contributed by atoms with Crippen molar-refractivity contribution in [3.8, 4) is 5.75 Å². The van der Waals surface area contributed by atoms with E-state index in [0.29, 0.717) is 11.6 Å². The first-order valence-electron chi connectivity index (χ1n) is 6.55. The van der Waals surface area contributed by atoms with Crippen molar-refractivity contribution in [2.24, 2.45) is 0 Å². The summed E-state index contributed by atoms with van der Waals surface area (Å²) in [6.45, 7) is 3.63.